The molecule has 0 spiro atoms. The zero-order chi connectivity index (χ0) is 23.3. The number of benzene rings is 1. The summed E-state index contributed by atoms with van der Waals surface area (Å²) in [5.74, 6) is 0.762. The summed E-state index contributed by atoms with van der Waals surface area (Å²) in [5.41, 5.74) is 1.36. The Morgan fingerprint density at radius 2 is 1.84 bits per heavy atom. The number of hydrogen-bond acceptors (Lipinski definition) is 5. The van der Waals surface area contributed by atoms with Gasteiger partial charge in [0, 0.05) is 39.0 Å². The fraction of sp³-hybridized carbons (Fsp3) is 0.652. The Morgan fingerprint density at radius 1 is 1.16 bits per heavy atom. The van der Waals surface area contributed by atoms with Gasteiger partial charge in [0.2, 0.25) is 0 Å². The van der Waals surface area contributed by atoms with Gasteiger partial charge in [-0.05, 0) is 72.3 Å². The van der Waals surface area contributed by atoms with Gasteiger partial charge in [-0.15, -0.1) is 0 Å². The largest absolute Gasteiger partial charge is 0.444 e. The van der Waals surface area contributed by atoms with Crippen LogP contribution in [-0.2, 0) is 15.9 Å². The zero-order valence-electron chi connectivity index (χ0n) is 20.2. The predicted molar refractivity (Wildman–Crippen MR) is 128 cm³/mol. The molecule has 1 aromatic carbocycles. The van der Waals surface area contributed by atoms with E-state index >= 15 is 0 Å². The number of ether oxygens (including phenoxy) is 2. The smallest absolute Gasteiger partial charge is 0.412 e. The molecule has 0 bridgehead atoms. The molecule has 0 saturated heterocycles. The van der Waals surface area contributed by atoms with Crippen LogP contribution >= 0.6 is 0 Å². The summed E-state index contributed by atoms with van der Waals surface area (Å²) in [4.78, 5) is 18.3. The molecule has 1 atom stereocenters. The fourth-order valence-electron chi connectivity index (χ4n) is 2.81. The molecule has 1 rings (SSSR count). The highest BCUT2D eigenvalue weighted by atomic mass is 16.6. The lowest BCUT2D eigenvalue weighted by molar-refractivity contribution is 0.0548. The van der Waals surface area contributed by atoms with Gasteiger partial charge >= 0.3 is 6.09 Å². The molecule has 8 nitrogen and oxygen atoms in total. The molecule has 0 radical (unpaired) electrons. The second kappa shape index (κ2) is 13.9. The van der Waals surface area contributed by atoms with E-state index in [0.717, 1.165) is 37.5 Å². The lowest BCUT2D eigenvalue weighted by atomic mass is 10.1. The van der Waals surface area contributed by atoms with E-state index < -0.39 is 11.7 Å². The van der Waals surface area contributed by atoms with E-state index in [1.165, 1.54) is 0 Å². The summed E-state index contributed by atoms with van der Waals surface area (Å²) in [6.07, 6.45) is 1.50. The number of carbonyl (C=O) groups is 1. The van der Waals surface area contributed by atoms with E-state index in [-0.39, 0.29) is 6.10 Å². The van der Waals surface area contributed by atoms with Crippen LogP contribution < -0.4 is 16.0 Å². The van der Waals surface area contributed by atoms with Gasteiger partial charge in [0.15, 0.2) is 5.96 Å². The Hall–Kier alpha value is -2.32. The second-order valence-electron chi connectivity index (χ2n) is 8.62. The highest BCUT2D eigenvalue weighted by Crippen LogP contribution is 2.13. The van der Waals surface area contributed by atoms with Crippen LogP contribution in [0.3, 0.4) is 0 Å². The van der Waals surface area contributed by atoms with Gasteiger partial charge in [-0.1, -0.05) is 12.1 Å². The maximum atomic E-state index is 11.8. The maximum Gasteiger partial charge on any atom is 0.412 e. The quantitative estimate of drug-likeness (QED) is 0.366. The van der Waals surface area contributed by atoms with E-state index in [2.05, 4.69) is 39.9 Å². The second-order valence-corrected chi connectivity index (χ2v) is 8.62. The van der Waals surface area contributed by atoms with Gasteiger partial charge in [0.1, 0.15) is 5.60 Å². The fourth-order valence-corrected chi connectivity index (χ4v) is 2.81. The minimum absolute atomic E-state index is 0.149. The summed E-state index contributed by atoms with van der Waals surface area (Å²) in [6, 6.07) is 7.75. The van der Waals surface area contributed by atoms with Crippen molar-refractivity contribution in [2.45, 2.75) is 52.2 Å². The van der Waals surface area contributed by atoms with E-state index in [4.69, 9.17) is 9.47 Å². The molecule has 3 N–H and O–H groups in total. The average molecular weight is 436 g/mol. The van der Waals surface area contributed by atoms with Crippen LogP contribution in [-0.4, -0.2) is 76.0 Å². The van der Waals surface area contributed by atoms with Crippen molar-refractivity contribution in [3.63, 3.8) is 0 Å². The van der Waals surface area contributed by atoms with E-state index in [1.807, 2.05) is 52.0 Å². The van der Waals surface area contributed by atoms with Gasteiger partial charge in [-0.2, -0.15) is 0 Å². The van der Waals surface area contributed by atoms with Gasteiger partial charge in [0.25, 0.3) is 0 Å². The van der Waals surface area contributed by atoms with Crippen LogP contribution in [0.1, 0.15) is 39.7 Å². The van der Waals surface area contributed by atoms with Crippen molar-refractivity contribution in [3.05, 3.63) is 29.8 Å². The molecule has 8 heteroatoms. The molecule has 176 valence electrons. The first-order valence-electron chi connectivity index (χ1n) is 10.9. The Bertz CT molecular complexity index is 669. The lowest BCUT2D eigenvalue weighted by Gasteiger charge is -2.21. The van der Waals surface area contributed by atoms with Crippen LogP contribution in [0, 0.1) is 0 Å². The van der Waals surface area contributed by atoms with Crippen molar-refractivity contribution >= 4 is 17.7 Å². The standard InChI is InChI=1S/C23H41N5O3/c1-8-30-20(14-16-28(6)7)17-26-21(24-5)25-15-13-18-9-11-19(12-10-18)27-22(29)31-23(2,3)4/h9-12,20H,8,13-17H2,1-7H3,(H,27,29)(H2,24,25,26). The molecule has 1 unspecified atom stereocenters. The molecule has 0 saturated carbocycles. The van der Waals surface area contributed by atoms with Crippen LogP contribution in [0.25, 0.3) is 0 Å². The third-order valence-corrected chi connectivity index (χ3v) is 4.33. The molecule has 31 heavy (non-hydrogen) atoms. The Morgan fingerprint density at radius 3 is 2.39 bits per heavy atom. The molecule has 0 fully saturated rings. The van der Waals surface area contributed by atoms with Gasteiger partial charge in [-0.25, -0.2) is 4.79 Å². The molecule has 1 aromatic rings. The minimum Gasteiger partial charge on any atom is -0.444 e. The van der Waals surface area contributed by atoms with Gasteiger partial charge in [0.05, 0.1) is 6.10 Å². The van der Waals surface area contributed by atoms with Crippen LogP contribution in [0.2, 0.25) is 0 Å². The highest BCUT2D eigenvalue weighted by Gasteiger charge is 2.16. The van der Waals surface area contributed by atoms with Crippen LogP contribution in [0.5, 0.6) is 0 Å². The number of guanidine groups is 1. The Labute approximate surface area is 187 Å². The SMILES string of the molecule is CCOC(CCN(C)C)CNC(=NC)NCCc1ccc(NC(=O)OC(C)(C)C)cc1. The monoisotopic (exact) mass is 435 g/mol. The number of hydrogen-bond donors (Lipinski definition) is 3. The number of carbonyl (C=O) groups excluding carboxylic acids is 1. The number of aliphatic imine (C=N–C) groups is 1. The number of amides is 1. The van der Waals surface area contributed by atoms with Crippen molar-refractivity contribution in [2.24, 2.45) is 4.99 Å². The summed E-state index contributed by atoms with van der Waals surface area (Å²) >= 11 is 0. The third kappa shape index (κ3) is 12.9. The number of nitrogens with one attached hydrogen (secondary N) is 3. The lowest BCUT2D eigenvalue weighted by Crippen LogP contribution is -2.43. The number of nitrogens with zero attached hydrogens (tertiary/aromatic N) is 2. The zero-order valence-corrected chi connectivity index (χ0v) is 20.2. The first-order valence-corrected chi connectivity index (χ1v) is 10.9. The predicted octanol–water partition coefficient (Wildman–Crippen LogP) is 3.10. The van der Waals surface area contributed by atoms with E-state index in [9.17, 15) is 4.79 Å². The summed E-state index contributed by atoms with van der Waals surface area (Å²) in [5, 5.41) is 9.43. The van der Waals surface area contributed by atoms with Gasteiger partial charge < -0.3 is 25.0 Å². The topological polar surface area (TPSA) is 87.2 Å². The van der Waals surface area contributed by atoms with Crippen molar-refractivity contribution in [1.82, 2.24) is 15.5 Å². The normalized spacial score (nSPS) is 13.1. The molecular formula is C23H41N5O3. The van der Waals surface area contributed by atoms with E-state index in [0.29, 0.717) is 18.8 Å². The van der Waals surface area contributed by atoms with Gasteiger partial charge in [-0.3, -0.25) is 10.3 Å². The average Bonchev–Trinajstić information content (AvgIpc) is 2.68. The molecular weight excluding hydrogens is 394 g/mol. The van der Waals surface area contributed by atoms with Crippen LogP contribution in [0.4, 0.5) is 10.5 Å². The molecule has 1 amide bonds. The van der Waals surface area contributed by atoms with E-state index in [1.54, 1.807) is 7.05 Å². The van der Waals surface area contributed by atoms with Crippen molar-refractivity contribution in [3.8, 4) is 0 Å². The molecule has 0 aliphatic carbocycles. The number of anilines is 1. The third-order valence-electron chi connectivity index (χ3n) is 4.33. The van der Waals surface area contributed by atoms with Crippen molar-refractivity contribution in [1.29, 1.82) is 0 Å². The summed E-state index contributed by atoms with van der Waals surface area (Å²) in [7, 11) is 5.90. The number of rotatable bonds is 11. The summed E-state index contributed by atoms with van der Waals surface area (Å²) in [6.45, 7) is 10.7. The Kier molecular flexibility index (Phi) is 12.0. The Balaban J connectivity index is 2.40. The molecule has 0 aliphatic heterocycles. The molecule has 0 aliphatic rings. The van der Waals surface area contributed by atoms with Crippen LogP contribution in [0.15, 0.2) is 29.3 Å². The summed E-state index contributed by atoms with van der Waals surface area (Å²) < 4.78 is 11.1. The molecule has 0 heterocycles. The van der Waals surface area contributed by atoms with Crippen molar-refractivity contribution < 1.29 is 14.3 Å². The van der Waals surface area contributed by atoms with Crippen molar-refractivity contribution in [2.75, 3.05) is 52.7 Å². The first-order chi connectivity index (χ1) is 14.6. The first kappa shape index (κ1) is 26.7. The highest BCUT2D eigenvalue weighted by molar-refractivity contribution is 5.84. The maximum absolute atomic E-state index is 11.8. The molecule has 0 aromatic heterocycles. The minimum atomic E-state index is -0.517.